The highest BCUT2D eigenvalue weighted by Gasteiger charge is 2.71. The van der Waals surface area contributed by atoms with E-state index < -0.39 is 34.7 Å². The average molecular weight is 463 g/mol. The Hall–Kier alpha value is -2.25. The molecule has 0 aromatic heterocycles. The molecule has 1 heterocycles. The number of esters is 2. The number of carbonyl (C=O) groups is 4. The minimum absolute atomic E-state index is 0.0157. The minimum atomic E-state index is -1.85. The number of ketones is 1. The molecule has 33 heavy (non-hydrogen) atoms. The van der Waals surface area contributed by atoms with E-state index in [1.165, 1.54) is 7.11 Å². The fraction of sp³-hybridized carbons (Fsp3) is 0.760. The van der Waals surface area contributed by atoms with Crippen LogP contribution in [0.25, 0.3) is 0 Å². The third-order valence-electron chi connectivity index (χ3n) is 10.0. The van der Waals surface area contributed by atoms with Crippen molar-refractivity contribution in [3.05, 3.63) is 11.6 Å². The van der Waals surface area contributed by atoms with E-state index in [0.29, 0.717) is 44.9 Å². The molecule has 4 aliphatic carbocycles. The normalized spacial score (nSPS) is 46.1. The van der Waals surface area contributed by atoms with Gasteiger partial charge in [-0.25, -0.2) is 4.79 Å². The van der Waals surface area contributed by atoms with E-state index in [-0.39, 0.29) is 35.5 Å². The predicted molar refractivity (Wildman–Crippen MR) is 112 cm³/mol. The van der Waals surface area contributed by atoms with Crippen molar-refractivity contribution in [3.8, 4) is 0 Å². The number of allylic oxidation sites excluding steroid dienone is 1. The standard InChI is InChI=1S/C25H31FO7/c1-23-7-4-14(27)10-13(23)11-15(21(29)31-3)19-16-5-8-25(9-6-18(28)33-25)24(16,2)12-17(20(19)23)32-22(26)30/h10,15-17,19-20H,4-9,11-12H2,1-3H3/t15-,16?,17-,19?,20?,23+,24+,25-/m1/s1. The van der Waals surface area contributed by atoms with Crippen LogP contribution in [0, 0.1) is 34.5 Å². The molecule has 4 fully saturated rings. The lowest BCUT2D eigenvalue weighted by Gasteiger charge is -2.62. The molecular weight excluding hydrogens is 431 g/mol. The Bertz CT molecular complexity index is 958. The van der Waals surface area contributed by atoms with Gasteiger partial charge in [-0.15, -0.1) is 4.39 Å². The lowest BCUT2D eigenvalue weighted by atomic mass is 9.43. The van der Waals surface area contributed by atoms with Crippen LogP contribution in [0.1, 0.15) is 65.2 Å². The van der Waals surface area contributed by atoms with Gasteiger partial charge in [-0.1, -0.05) is 19.4 Å². The van der Waals surface area contributed by atoms with E-state index in [4.69, 9.17) is 14.2 Å². The second-order valence-corrected chi connectivity index (χ2v) is 11.1. The van der Waals surface area contributed by atoms with Gasteiger partial charge in [-0.3, -0.25) is 14.4 Å². The fourth-order valence-electron chi connectivity index (χ4n) is 8.54. The first-order valence-electron chi connectivity index (χ1n) is 11.9. The number of fused-ring (bicyclic) bond motifs is 6. The van der Waals surface area contributed by atoms with Gasteiger partial charge in [0, 0.05) is 24.2 Å². The van der Waals surface area contributed by atoms with Crippen LogP contribution in [-0.4, -0.2) is 42.8 Å². The van der Waals surface area contributed by atoms with Gasteiger partial charge in [-0.2, -0.15) is 0 Å². The quantitative estimate of drug-likeness (QED) is 0.347. The zero-order valence-electron chi connectivity index (χ0n) is 19.4. The fourth-order valence-corrected chi connectivity index (χ4v) is 8.54. The second kappa shape index (κ2) is 7.37. The molecule has 5 rings (SSSR count). The molecule has 0 bridgehead atoms. The summed E-state index contributed by atoms with van der Waals surface area (Å²) in [6.07, 6.45) is 3.01. The van der Waals surface area contributed by atoms with Crippen molar-refractivity contribution >= 4 is 23.9 Å². The van der Waals surface area contributed by atoms with Crippen molar-refractivity contribution in [2.24, 2.45) is 34.5 Å². The topological polar surface area (TPSA) is 96.0 Å². The van der Waals surface area contributed by atoms with Crippen molar-refractivity contribution in [1.82, 2.24) is 0 Å². The van der Waals surface area contributed by atoms with Gasteiger partial charge in [0.15, 0.2) is 5.78 Å². The summed E-state index contributed by atoms with van der Waals surface area (Å²) in [5, 5.41) is 0. The molecular formula is C25H31FO7. The summed E-state index contributed by atoms with van der Waals surface area (Å²) in [4.78, 5) is 49.1. The molecule has 0 amide bonds. The molecule has 1 aliphatic heterocycles. The van der Waals surface area contributed by atoms with Gasteiger partial charge in [0.2, 0.25) is 0 Å². The summed E-state index contributed by atoms with van der Waals surface area (Å²) in [5.74, 6) is -1.69. The van der Waals surface area contributed by atoms with Gasteiger partial charge in [0.25, 0.3) is 0 Å². The summed E-state index contributed by atoms with van der Waals surface area (Å²) in [5.41, 5.74) is -0.888. The second-order valence-electron chi connectivity index (χ2n) is 11.1. The van der Waals surface area contributed by atoms with Gasteiger partial charge in [0.1, 0.15) is 11.7 Å². The molecule has 3 saturated carbocycles. The van der Waals surface area contributed by atoms with Crippen molar-refractivity contribution in [2.45, 2.75) is 76.9 Å². The zero-order valence-corrected chi connectivity index (χ0v) is 19.4. The van der Waals surface area contributed by atoms with Crippen molar-refractivity contribution in [2.75, 3.05) is 7.11 Å². The average Bonchev–Trinajstić information content (AvgIpc) is 3.27. The first kappa shape index (κ1) is 22.5. The highest BCUT2D eigenvalue weighted by molar-refractivity contribution is 5.92. The van der Waals surface area contributed by atoms with Gasteiger partial charge < -0.3 is 14.2 Å². The molecule has 0 aromatic rings. The van der Waals surface area contributed by atoms with E-state index in [1.54, 1.807) is 6.08 Å². The van der Waals surface area contributed by atoms with Crippen molar-refractivity contribution in [3.63, 3.8) is 0 Å². The lowest BCUT2D eigenvalue weighted by Crippen LogP contribution is -2.63. The molecule has 1 saturated heterocycles. The van der Waals surface area contributed by atoms with Gasteiger partial charge >= 0.3 is 18.2 Å². The molecule has 5 aliphatic rings. The summed E-state index contributed by atoms with van der Waals surface area (Å²) >= 11 is 0. The SMILES string of the molecule is COC(=O)[C@@H]1CC2=CC(=O)CC[C@]2(C)C2C1C1CC[C@@]3(CCC(=O)O3)[C@@]1(C)C[C@H]2OC(=O)F. The van der Waals surface area contributed by atoms with Crippen LogP contribution >= 0.6 is 0 Å². The number of methoxy groups -OCH3 is 1. The number of carbonyl (C=O) groups excluding carboxylic acids is 4. The molecule has 180 valence electrons. The largest absolute Gasteiger partial charge is 0.495 e. The van der Waals surface area contributed by atoms with E-state index in [2.05, 4.69) is 6.92 Å². The van der Waals surface area contributed by atoms with Crippen LogP contribution < -0.4 is 0 Å². The van der Waals surface area contributed by atoms with Crippen LogP contribution in [0.2, 0.25) is 0 Å². The van der Waals surface area contributed by atoms with Crippen LogP contribution in [0.3, 0.4) is 0 Å². The van der Waals surface area contributed by atoms with E-state index >= 15 is 0 Å². The summed E-state index contributed by atoms with van der Waals surface area (Å²) in [6.45, 7) is 4.10. The predicted octanol–water partition coefficient (Wildman–Crippen LogP) is 4.08. The van der Waals surface area contributed by atoms with E-state index in [0.717, 1.165) is 12.0 Å². The number of hydrogen-bond acceptors (Lipinski definition) is 7. The molecule has 0 radical (unpaired) electrons. The van der Waals surface area contributed by atoms with E-state index in [1.807, 2.05) is 6.92 Å². The van der Waals surface area contributed by atoms with Gasteiger partial charge in [-0.05, 0) is 61.9 Å². The maximum atomic E-state index is 13.8. The summed E-state index contributed by atoms with van der Waals surface area (Å²) < 4.78 is 30.3. The Morgan fingerprint density at radius 1 is 1.15 bits per heavy atom. The molecule has 8 heteroatoms. The maximum Gasteiger partial charge on any atom is 0.495 e. The Kier molecular flexibility index (Phi) is 5.04. The van der Waals surface area contributed by atoms with Crippen LogP contribution in [0.5, 0.6) is 0 Å². The highest BCUT2D eigenvalue weighted by atomic mass is 19.1. The Balaban J connectivity index is 1.66. The third-order valence-corrected chi connectivity index (χ3v) is 10.0. The zero-order chi connectivity index (χ0) is 23.8. The maximum absolute atomic E-state index is 13.8. The molecule has 8 atom stereocenters. The van der Waals surface area contributed by atoms with Crippen LogP contribution in [-0.2, 0) is 28.6 Å². The van der Waals surface area contributed by atoms with Crippen LogP contribution in [0.15, 0.2) is 11.6 Å². The molecule has 0 N–H and O–H groups in total. The first-order valence-corrected chi connectivity index (χ1v) is 11.9. The summed E-state index contributed by atoms with van der Waals surface area (Å²) in [7, 11) is 1.35. The Morgan fingerprint density at radius 3 is 2.55 bits per heavy atom. The third kappa shape index (κ3) is 3.04. The highest BCUT2D eigenvalue weighted by Crippen LogP contribution is 2.71. The number of ether oxygens (including phenoxy) is 3. The minimum Gasteiger partial charge on any atom is -0.469 e. The van der Waals surface area contributed by atoms with Crippen molar-refractivity contribution < 1.29 is 37.8 Å². The van der Waals surface area contributed by atoms with Crippen molar-refractivity contribution in [1.29, 1.82) is 0 Å². The first-order chi connectivity index (χ1) is 15.5. The number of halogens is 1. The van der Waals surface area contributed by atoms with Crippen LogP contribution in [0.4, 0.5) is 9.18 Å². The Labute approximate surface area is 192 Å². The monoisotopic (exact) mass is 462 g/mol. The Morgan fingerprint density at radius 2 is 1.91 bits per heavy atom. The molecule has 1 spiro atoms. The molecule has 0 aromatic carbocycles. The van der Waals surface area contributed by atoms with E-state index in [9.17, 15) is 23.6 Å². The molecule has 7 nitrogen and oxygen atoms in total. The molecule has 3 unspecified atom stereocenters. The summed E-state index contributed by atoms with van der Waals surface area (Å²) in [6, 6.07) is 0. The van der Waals surface area contributed by atoms with Gasteiger partial charge in [0.05, 0.1) is 13.0 Å². The smallest absolute Gasteiger partial charge is 0.469 e. The lowest BCUT2D eigenvalue weighted by molar-refractivity contribution is -0.198. The number of hydrogen-bond donors (Lipinski definition) is 0. The number of rotatable bonds is 2.